The molecule has 0 bridgehead atoms. The first kappa shape index (κ1) is 18.2. The molecule has 7 heteroatoms. The third-order valence-electron chi connectivity index (χ3n) is 4.18. The van der Waals surface area contributed by atoms with E-state index in [1.165, 1.54) is 12.8 Å². The number of hydrogen-bond acceptors (Lipinski definition) is 5. The van der Waals surface area contributed by atoms with E-state index in [0.29, 0.717) is 29.3 Å². The minimum Gasteiger partial charge on any atom is -0.338 e. The largest absolute Gasteiger partial charge is 0.338 e. The Kier molecular flexibility index (Phi) is 6.41. The molecule has 1 aliphatic rings. The normalized spacial score (nSPS) is 20.0. The van der Waals surface area contributed by atoms with Crippen molar-refractivity contribution in [1.29, 1.82) is 0 Å². The van der Waals surface area contributed by atoms with E-state index in [1.807, 2.05) is 24.3 Å². The monoisotopic (exact) mass is 356 g/mol. The lowest BCUT2D eigenvalue weighted by atomic mass is 9.97. The van der Waals surface area contributed by atoms with Crippen LogP contribution in [0, 0.1) is 0 Å². The van der Waals surface area contributed by atoms with Crippen molar-refractivity contribution in [1.82, 2.24) is 15.0 Å². The lowest BCUT2D eigenvalue weighted by Crippen LogP contribution is -2.48. The van der Waals surface area contributed by atoms with Gasteiger partial charge in [-0.15, -0.1) is 12.4 Å². The van der Waals surface area contributed by atoms with E-state index < -0.39 is 0 Å². The van der Waals surface area contributed by atoms with Crippen LogP contribution in [0.1, 0.15) is 32.1 Å². The summed E-state index contributed by atoms with van der Waals surface area (Å²) in [6.45, 7) is 3.76. The number of nitrogens with two attached hydrogens (primary N) is 1. The van der Waals surface area contributed by atoms with E-state index in [4.69, 9.17) is 21.9 Å². The molecular formula is C16H22Cl2N4O. The molecule has 0 spiro atoms. The topological polar surface area (TPSA) is 68.2 Å². The van der Waals surface area contributed by atoms with E-state index in [1.54, 1.807) is 0 Å². The van der Waals surface area contributed by atoms with Gasteiger partial charge < -0.3 is 10.3 Å². The second kappa shape index (κ2) is 8.11. The van der Waals surface area contributed by atoms with Crippen LogP contribution in [-0.4, -0.2) is 33.7 Å². The summed E-state index contributed by atoms with van der Waals surface area (Å²) in [5, 5.41) is 4.76. The summed E-state index contributed by atoms with van der Waals surface area (Å²) in [5.74, 6) is 1.23. The summed E-state index contributed by atoms with van der Waals surface area (Å²) in [7, 11) is 0. The molecule has 1 aromatic carbocycles. The zero-order chi connectivity index (χ0) is 15.5. The van der Waals surface area contributed by atoms with Gasteiger partial charge in [-0.25, -0.2) is 0 Å². The fourth-order valence-electron chi connectivity index (χ4n) is 3.02. The molecule has 2 unspecified atom stereocenters. The second-order valence-corrected chi connectivity index (χ2v) is 6.35. The van der Waals surface area contributed by atoms with Crippen molar-refractivity contribution < 1.29 is 4.52 Å². The number of piperidine rings is 1. The summed E-state index contributed by atoms with van der Waals surface area (Å²) in [5.41, 5.74) is 7.01. The predicted octanol–water partition coefficient (Wildman–Crippen LogP) is 3.51. The van der Waals surface area contributed by atoms with Crippen molar-refractivity contribution in [2.75, 3.05) is 6.54 Å². The molecule has 2 N–H and O–H groups in total. The SMILES string of the molecule is CC(N)C1CCCCN1Cc1nc(-c2ccc(Cl)cc2)no1.Cl. The minimum atomic E-state index is 0. The molecule has 3 rings (SSSR count). The molecule has 126 valence electrons. The second-order valence-electron chi connectivity index (χ2n) is 5.91. The molecule has 1 saturated heterocycles. The Morgan fingerprint density at radius 3 is 2.78 bits per heavy atom. The van der Waals surface area contributed by atoms with Gasteiger partial charge in [-0.05, 0) is 50.6 Å². The zero-order valence-corrected chi connectivity index (χ0v) is 14.7. The number of rotatable bonds is 4. The van der Waals surface area contributed by atoms with Gasteiger partial charge in [0.15, 0.2) is 0 Å². The minimum absolute atomic E-state index is 0. The van der Waals surface area contributed by atoms with Crippen molar-refractivity contribution in [3.05, 3.63) is 35.2 Å². The summed E-state index contributed by atoms with van der Waals surface area (Å²) in [4.78, 5) is 6.85. The van der Waals surface area contributed by atoms with Gasteiger partial charge in [-0.1, -0.05) is 23.2 Å². The van der Waals surface area contributed by atoms with Crippen molar-refractivity contribution >= 4 is 24.0 Å². The fourth-order valence-corrected chi connectivity index (χ4v) is 3.14. The van der Waals surface area contributed by atoms with Gasteiger partial charge >= 0.3 is 0 Å². The summed E-state index contributed by atoms with van der Waals surface area (Å²) in [6, 6.07) is 7.97. The summed E-state index contributed by atoms with van der Waals surface area (Å²) >= 11 is 5.90. The van der Waals surface area contributed by atoms with E-state index in [0.717, 1.165) is 18.5 Å². The van der Waals surface area contributed by atoms with E-state index in [-0.39, 0.29) is 18.4 Å². The van der Waals surface area contributed by atoms with Gasteiger partial charge in [0.25, 0.3) is 0 Å². The van der Waals surface area contributed by atoms with E-state index in [2.05, 4.69) is 22.0 Å². The van der Waals surface area contributed by atoms with Crippen LogP contribution in [0.25, 0.3) is 11.4 Å². The van der Waals surface area contributed by atoms with Crippen LogP contribution >= 0.6 is 24.0 Å². The van der Waals surface area contributed by atoms with Gasteiger partial charge in [-0.2, -0.15) is 4.98 Å². The van der Waals surface area contributed by atoms with E-state index in [9.17, 15) is 0 Å². The van der Waals surface area contributed by atoms with Gasteiger partial charge in [0, 0.05) is 22.7 Å². The molecule has 23 heavy (non-hydrogen) atoms. The Morgan fingerprint density at radius 1 is 1.35 bits per heavy atom. The van der Waals surface area contributed by atoms with Crippen LogP contribution in [0.3, 0.4) is 0 Å². The molecule has 0 aliphatic carbocycles. The Labute approximate surface area is 147 Å². The molecule has 2 atom stereocenters. The maximum absolute atomic E-state index is 6.10. The first-order chi connectivity index (χ1) is 10.6. The first-order valence-corrected chi connectivity index (χ1v) is 8.09. The Bertz CT molecular complexity index is 615. The van der Waals surface area contributed by atoms with Crippen molar-refractivity contribution in [3.63, 3.8) is 0 Å². The molecule has 1 aromatic heterocycles. The van der Waals surface area contributed by atoms with Crippen LogP contribution in [-0.2, 0) is 6.54 Å². The van der Waals surface area contributed by atoms with Crippen LogP contribution < -0.4 is 5.73 Å². The molecule has 2 aromatic rings. The highest BCUT2D eigenvalue weighted by atomic mass is 35.5. The van der Waals surface area contributed by atoms with Gasteiger partial charge in [0.05, 0.1) is 6.54 Å². The number of aromatic nitrogens is 2. The van der Waals surface area contributed by atoms with Crippen LogP contribution in [0.5, 0.6) is 0 Å². The molecule has 0 amide bonds. The Hall–Kier alpha value is -1.14. The molecule has 0 saturated carbocycles. The summed E-state index contributed by atoms with van der Waals surface area (Å²) in [6.07, 6.45) is 3.57. The lowest BCUT2D eigenvalue weighted by molar-refractivity contribution is 0.109. The number of hydrogen-bond donors (Lipinski definition) is 1. The Morgan fingerprint density at radius 2 is 2.09 bits per heavy atom. The highest BCUT2D eigenvalue weighted by molar-refractivity contribution is 6.30. The maximum Gasteiger partial charge on any atom is 0.241 e. The average molecular weight is 357 g/mol. The molecule has 5 nitrogen and oxygen atoms in total. The smallest absolute Gasteiger partial charge is 0.241 e. The first-order valence-electron chi connectivity index (χ1n) is 7.71. The van der Waals surface area contributed by atoms with Crippen LogP contribution in [0.4, 0.5) is 0 Å². The van der Waals surface area contributed by atoms with Gasteiger partial charge in [0.2, 0.25) is 11.7 Å². The average Bonchev–Trinajstić information content (AvgIpc) is 2.97. The fraction of sp³-hybridized carbons (Fsp3) is 0.500. The highest BCUT2D eigenvalue weighted by Crippen LogP contribution is 2.23. The summed E-state index contributed by atoms with van der Waals surface area (Å²) < 4.78 is 5.40. The van der Waals surface area contributed by atoms with Crippen molar-refractivity contribution in [3.8, 4) is 11.4 Å². The van der Waals surface area contributed by atoms with Crippen molar-refractivity contribution in [2.24, 2.45) is 5.73 Å². The standard InChI is InChI=1S/C16H21ClN4O.ClH/c1-11(18)14-4-2-3-9-21(14)10-15-19-16(20-22-15)12-5-7-13(17)8-6-12;/h5-8,11,14H,2-4,9-10,18H2,1H3;1H. The lowest BCUT2D eigenvalue weighted by Gasteiger charge is -2.37. The molecular weight excluding hydrogens is 335 g/mol. The number of nitrogens with zero attached hydrogens (tertiary/aromatic N) is 3. The number of halogens is 2. The number of likely N-dealkylation sites (tertiary alicyclic amines) is 1. The molecule has 2 heterocycles. The van der Waals surface area contributed by atoms with Gasteiger partial charge in [-0.3, -0.25) is 4.90 Å². The number of benzene rings is 1. The van der Waals surface area contributed by atoms with Crippen molar-refractivity contribution in [2.45, 2.75) is 44.8 Å². The zero-order valence-electron chi connectivity index (χ0n) is 13.1. The van der Waals surface area contributed by atoms with E-state index >= 15 is 0 Å². The highest BCUT2D eigenvalue weighted by Gasteiger charge is 2.26. The predicted molar refractivity (Wildman–Crippen MR) is 93.7 cm³/mol. The van der Waals surface area contributed by atoms with Crippen LogP contribution in [0.15, 0.2) is 28.8 Å². The van der Waals surface area contributed by atoms with Gasteiger partial charge in [0.1, 0.15) is 0 Å². The Balaban J connectivity index is 0.00000192. The van der Waals surface area contributed by atoms with Crippen LogP contribution in [0.2, 0.25) is 5.02 Å². The quantitative estimate of drug-likeness (QED) is 0.907. The third-order valence-corrected chi connectivity index (χ3v) is 4.43. The molecule has 1 aliphatic heterocycles. The third kappa shape index (κ3) is 4.44. The maximum atomic E-state index is 6.10. The molecule has 0 radical (unpaired) electrons. The molecule has 1 fully saturated rings.